The fourth-order valence-corrected chi connectivity index (χ4v) is 7.67. The van der Waals surface area contributed by atoms with Crippen molar-refractivity contribution in [3.05, 3.63) is 119 Å². The number of methoxy groups -OCH3 is 2. The van der Waals surface area contributed by atoms with E-state index < -0.39 is 28.5 Å². The van der Waals surface area contributed by atoms with Crippen molar-refractivity contribution in [1.82, 2.24) is 10.2 Å². The van der Waals surface area contributed by atoms with Gasteiger partial charge in [0.15, 0.2) is 11.5 Å². The van der Waals surface area contributed by atoms with Crippen molar-refractivity contribution >= 4 is 39.1 Å². The van der Waals surface area contributed by atoms with E-state index in [1.165, 1.54) is 37.3 Å². The number of carbonyl (C=O) groups is 2. The molecule has 1 saturated carbocycles. The summed E-state index contributed by atoms with van der Waals surface area (Å²) in [5, 5.41) is 3.76. The van der Waals surface area contributed by atoms with Gasteiger partial charge in [-0.3, -0.25) is 13.9 Å². The molecule has 9 nitrogen and oxygen atoms in total. The van der Waals surface area contributed by atoms with E-state index in [0.717, 1.165) is 47.5 Å². The highest BCUT2D eigenvalue weighted by atomic mass is 35.5. The topological polar surface area (TPSA) is 105 Å². The fourth-order valence-electron chi connectivity index (χ4n) is 6.11. The number of hydrogen-bond donors (Lipinski definition) is 1. The summed E-state index contributed by atoms with van der Waals surface area (Å²) in [6, 6.07) is 28.4. The molecule has 1 unspecified atom stereocenters. The van der Waals surface area contributed by atoms with Crippen molar-refractivity contribution in [3.8, 4) is 11.5 Å². The molecule has 1 N–H and O–H groups in total. The van der Waals surface area contributed by atoms with E-state index in [-0.39, 0.29) is 35.6 Å². The molecule has 1 atom stereocenters. The molecule has 0 aliphatic heterocycles. The Balaban J connectivity index is 1.56. The molecular weight excluding hydrogens is 662 g/mol. The van der Waals surface area contributed by atoms with Gasteiger partial charge in [-0.2, -0.15) is 0 Å². The second kappa shape index (κ2) is 16.7. The average Bonchev–Trinajstić information content (AvgIpc) is 3.13. The Morgan fingerprint density at radius 1 is 0.816 bits per heavy atom. The number of carbonyl (C=O) groups excluding carboxylic acids is 2. The van der Waals surface area contributed by atoms with Gasteiger partial charge in [-0.15, -0.1) is 0 Å². The minimum atomic E-state index is -4.31. The second-order valence-electron chi connectivity index (χ2n) is 12.1. The third-order valence-corrected chi connectivity index (χ3v) is 10.8. The van der Waals surface area contributed by atoms with Crippen molar-refractivity contribution in [2.24, 2.45) is 0 Å². The van der Waals surface area contributed by atoms with Crippen LogP contribution in [0, 0.1) is 0 Å². The summed E-state index contributed by atoms with van der Waals surface area (Å²) >= 11 is 6.19. The van der Waals surface area contributed by atoms with Crippen molar-refractivity contribution in [3.63, 3.8) is 0 Å². The van der Waals surface area contributed by atoms with Gasteiger partial charge in [0.25, 0.3) is 10.0 Å². The first kappa shape index (κ1) is 35.8. The minimum absolute atomic E-state index is 0.0123. The maximum Gasteiger partial charge on any atom is 0.264 e. The zero-order chi connectivity index (χ0) is 34.8. The van der Waals surface area contributed by atoms with Gasteiger partial charge in [0.1, 0.15) is 12.6 Å². The van der Waals surface area contributed by atoms with Crippen molar-refractivity contribution in [2.75, 3.05) is 25.1 Å². The van der Waals surface area contributed by atoms with Gasteiger partial charge in [0, 0.05) is 30.1 Å². The van der Waals surface area contributed by atoms with Gasteiger partial charge in [0.2, 0.25) is 11.8 Å². The summed E-state index contributed by atoms with van der Waals surface area (Å²) in [7, 11) is -1.43. The molecule has 1 aliphatic rings. The Morgan fingerprint density at radius 2 is 1.45 bits per heavy atom. The van der Waals surface area contributed by atoms with E-state index >= 15 is 0 Å². The number of anilines is 1. The van der Waals surface area contributed by atoms with Gasteiger partial charge in [-0.1, -0.05) is 91.5 Å². The molecule has 0 radical (unpaired) electrons. The number of rotatable bonds is 14. The van der Waals surface area contributed by atoms with Gasteiger partial charge < -0.3 is 19.7 Å². The summed E-state index contributed by atoms with van der Waals surface area (Å²) in [6.07, 6.45) is 5.18. The number of nitrogens with one attached hydrogen (secondary N) is 1. The van der Waals surface area contributed by atoms with Crippen LogP contribution in [0.3, 0.4) is 0 Å². The lowest BCUT2D eigenvalue weighted by molar-refractivity contribution is -0.140. The zero-order valence-electron chi connectivity index (χ0n) is 27.8. The van der Waals surface area contributed by atoms with Crippen LogP contribution in [0.15, 0.2) is 108 Å². The van der Waals surface area contributed by atoms with E-state index in [0.29, 0.717) is 16.5 Å². The van der Waals surface area contributed by atoms with Crippen molar-refractivity contribution in [1.29, 1.82) is 0 Å². The standard InChI is InChI=1S/C38H42ClN3O6S/c1-47-35-23-22-33(25-36(35)48-2)49(45,46)42(32-16-10-5-11-17-32)27-37(43)41(26-29-18-20-30(39)21-19-29)34(24-28-12-6-3-7-13-28)38(44)40-31-14-8-4-9-15-31/h3,5-7,10-13,16-23,25,31,34H,4,8-9,14-15,24,26-27H2,1-2H3,(H,40,44). The van der Waals surface area contributed by atoms with E-state index in [9.17, 15) is 18.0 Å². The Hall–Kier alpha value is -4.54. The van der Waals surface area contributed by atoms with Crippen LogP contribution in [0.1, 0.15) is 43.2 Å². The summed E-state index contributed by atoms with van der Waals surface area (Å²) in [5.41, 5.74) is 1.91. The van der Waals surface area contributed by atoms with Gasteiger partial charge >= 0.3 is 0 Å². The van der Waals surface area contributed by atoms with Crippen LogP contribution in [-0.4, -0.2) is 58.0 Å². The maximum absolute atomic E-state index is 14.7. The lowest BCUT2D eigenvalue weighted by Crippen LogP contribution is -2.55. The molecule has 4 aromatic rings. The number of halogens is 1. The third-order valence-electron chi connectivity index (χ3n) is 8.75. The normalized spacial score (nSPS) is 14.0. The number of ether oxygens (including phenoxy) is 2. The highest BCUT2D eigenvalue weighted by molar-refractivity contribution is 7.92. The molecule has 0 bridgehead atoms. The molecule has 0 aromatic heterocycles. The fraction of sp³-hybridized carbons (Fsp3) is 0.316. The number of amides is 2. The molecule has 0 heterocycles. The summed E-state index contributed by atoms with van der Waals surface area (Å²) < 4.78 is 40.5. The zero-order valence-corrected chi connectivity index (χ0v) is 29.3. The maximum atomic E-state index is 14.7. The summed E-state index contributed by atoms with van der Waals surface area (Å²) in [4.78, 5) is 30.3. The van der Waals surface area contributed by atoms with Gasteiger partial charge in [0.05, 0.1) is 24.8 Å². The van der Waals surface area contributed by atoms with E-state index in [1.807, 2.05) is 30.3 Å². The monoisotopic (exact) mass is 703 g/mol. The Labute approximate surface area is 293 Å². The number of para-hydroxylation sites is 1. The molecule has 2 amide bonds. The lowest BCUT2D eigenvalue weighted by Gasteiger charge is -2.35. The van der Waals surface area contributed by atoms with Crippen LogP contribution in [-0.2, 0) is 32.6 Å². The minimum Gasteiger partial charge on any atom is -0.493 e. The van der Waals surface area contributed by atoms with Gasteiger partial charge in [-0.05, 0) is 60.4 Å². The van der Waals surface area contributed by atoms with Crippen LogP contribution in [0.2, 0.25) is 5.02 Å². The summed E-state index contributed by atoms with van der Waals surface area (Å²) in [5.74, 6) is -0.213. The molecule has 4 aromatic carbocycles. The van der Waals surface area contributed by atoms with E-state index in [1.54, 1.807) is 54.6 Å². The van der Waals surface area contributed by atoms with Crippen molar-refractivity contribution < 1.29 is 27.5 Å². The Kier molecular flexibility index (Phi) is 12.2. The third kappa shape index (κ3) is 9.13. The van der Waals surface area contributed by atoms with Crippen LogP contribution >= 0.6 is 11.6 Å². The van der Waals surface area contributed by atoms with Crippen molar-refractivity contribution in [2.45, 2.75) is 62.0 Å². The quantitative estimate of drug-likeness (QED) is 0.158. The Bertz CT molecular complexity index is 1800. The van der Waals surface area contributed by atoms with E-state index in [2.05, 4.69) is 5.32 Å². The second-order valence-corrected chi connectivity index (χ2v) is 14.4. The SMILES string of the molecule is COc1ccc(S(=O)(=O)N(CC(=O)N(Cc2ccc(Cl)cc2)C(Cc2ccccc2)C(=O)NC2CCCCC2)c2ccccc2)cc1OC. The Morgan fingerprint density at radius 3 is 2.08 bits per heavy atom. The van der Waals surface area contributed by atoms with Crippen LogP contribution < -0.4 is 19.1 Å². The predicted molar refractivity (Wildman–Crippen MR) is 191 cm³/mol. The summed E-state index contributed by atoms with van der Waals surface area (Å²) in [6.45, 7) is -0.499. The van der Waals surface area contributed by atoms with E-state index in [4.69, 9.17) is 21.1 Å². The molecule has 11 heteroatoms. The molecule has 1 fully saturated rings. The lowest BCUT2D eigenvalue weighted by atomic mass is 9.94. The molecule has 49 heavy (non-hydrogen) atoms. The molecule has 258 valence electrons. The highest BCUT2D eigenvalue weighted by Gasteiger charge is 2.35. The predicted octanol–water partition coefficient (Wildman–Crippen LogP) is 6.64. The molecule has 0 spiro atoms. The largest absolute Gasteiger partial charge is 0.493 e. The first-order valence-corrected chi connectivity index (χ1v) is 18.2. The molecule has 5 rings (SSSR count). The molecular formula is C38H42ClN3O6S. The van der Waals surface area contributed by atoms with Gasteiger partial charge in [-0.25, -0.2) is 8.42 Å². The van der Waals surface area contributed by atoms with Crippen LogP contribution in [0.5, 0.6) is 11.5 Å². The van der Waals surface area contributed by atoms with Crippen LogP contribution in [0.25, 0.3) is 0 Å². The smallest absolute Gasteiger partial charge is 0.264 e. The number of sulfonamides is 1. The average molecular weight is 704 g/mol. The first-order chi connectivity index (χ1) is 23.7. The first-order valence-electron chi connectivity index (χ1n) is 16.4. The number of benzene rings is 4. The van der Waals surface area contributed by atoms with Crippen LogP contribution in [0.4, 0.5) is 5.69 Å². The highest BCUT2D eigenvalue weighted by Crippen LogP contribution is 2.32. The number of nitrogens with zero attached hydrogens (tertiary/aromatic N) is 2. The molecule has 1 aliphatic carbocycles. The number of hydrogen-bond acceptors (Lipinski definition) is 6. The molecule has 0 saturated heterocycles.